The lowest BCUT2D eigenvalue weighted by Gasteiger charge is -2.04. The highest BCUT2D eigenvalue weighted by Crippen LogP contribution is 2.34. The van der Waals surface area contributed by atoms with Gasteiger partial charge in [-0.3, -0.25) is 4.68 Å². The molecule has 0 aliphatic rings. The van der Waals surface area contributed by atoms with E-state index in [4.69, 9.17) is 10.2 Å². The second kappa shape index (κ2) is 4.98. The van der Waals surface area contributed by atoms with Crippen LogP contribution in [0.15, 0.2) is 26.7 Å². The summed E-state index contributed by atoms with van der Waals surface area (Å²) in [5.41, 5.74) is 7.94. The molecule has 4 nitrogen and oxygen atoms in total. The average Bonchev–Trinajstić information content (AvgIpc) is 2.78. The number of nitrogens with two attached hydrogens (primary N) is 1. The van der Waals surface area contributed by atoms with Gasteiger partial charge in [0.05, 0.1) is 16.9 Å². The van der Waals surface area contributed by atoms with Gasteiger partial charge in [-0.05, 0) is 32.9 Å². The summed E-state index contributed by atoms with van der Waals surface area (Å²) in [4.78, 5) is 1.13. The third-order valence-corrected chi connectivity index (χ3v) is 4.05. The first-order valence-electron chi connectivity index (χ1n) is 5.58. The van der Waals surface area contributed by atoms with Crippen LogP contribution in [-0.4, -0.2) is 16.3 Å². The molecule has 0 atom stereocenters. The molecular formula is C12H17N3OS. The van der Waals surface area contributed by atoms with E-state index in [1.165, 1.54) is 5.56 Å². The normalized spacial score (nSPS) is 11.1. The van der Waals surface area contributed by atoms with Crippen molar-refractivity contribution in [2.75, 3.05) is 6.54 Å². The van der Waals surface area contributed by atoms with Gasteiger partial charge in [-0.15, -0.1) is 0 Å². The molecule has 2 N–H and O–H groups in total. The van der Waals surface area contributed by atoms with Crippen molar-refractivity contribution in [3.05, 3.63) is 29.3 Å². The van der Waals surface area contributed by atoms with Gasteiger partial charge in [0.2, 0.25) is 0 Å². The van der Waals surface area contributed by atoms with E-state index in [0.717, 1.165) is 27.8 Å². The molecule has 0 aliphatic carbocycles. The summed E-state index contributed by atoms with van der Waals surface area (Å²) in [5, 5.41) is 5.60. The van der Waals surface area contributed by atoms with Crippen LogP contribution in [0.4, 0.5) is 0 Å². The quantitative estimate of drug-likeness (QED) is 0.905. The van der Waals surface area contributed by atoms with Crippen molar-refractivity contribution in [1.29, 1.82) is 0 Å². The van der Waals surface area contributed by atoms with Crippen LogP contribution in [0.2, 0.25) is 0 Å². The van der Waals surface area contributed by atoms with Crippen molar-refractivity contribution in [3.8, 4) is 0 Å². The highest BCUT2D eigenvalue weighted by molar-refractivity contribution is 7.99. The molecule has 0 aliphatic heterocycles. The lowest BCUT2D eigenvalue weighted by molar-refractivity contribution is 0.526. The van der Waals surface area contributed by atoms with E-state index in [9.17, 15) is 0 Å². The average molecular weight is 251 g/mol. The molecule has 0 saturated carbocycles. The summed E-state index contributed by atoms with van der Waals surface area (Å²) in [6.07, 6.45) is 2.57. The molecule has 0 fully saturated rings. The topological polar surface area (TPSA) is 57.0 Å². The molecule has 92 valence electrons. The number of nitrogens with zero attached hydrogens (tertiary/aromatic N) is 2. The minimum Gasteiger partial charge on any atom is -0.468 e. The first-order valence-corrected chi connectivity index (χ1v) is 6.39. The molecule has 0 spiro atoms. The lowest BCUT2D eigenvalue weighted by Crippen LogP contribution is -2.04. The zero-order chi connectivity index (χ0) is 12.4. The van der Waals surface area contributed by atoms with Gasteiger partial charge in [0.25, 0.3) is 0 Å². The van der Waals surface area contributed by atoms with Gasteiger partial charge in [0, 0.05) is 12.6 Å². The number of aryl methyl sites for hydroxylation is 3. The third kappa shape index (κ3) is 2.40. The van der Waals surface area contributed by atoms with Gasteiger partial charge in [0.15, 0.2) is 0 Å². The summed E-state index contributed by atoms with van der Waals surface area (Å²) in [6.45, 7) is 4.63. The number of hydrogen-bond acceptors (Lipinski definition) is 4. The Morgan fingerprint density at radius 3 is 2.82 bits per heavy atom. The van der Waals surface area contributed by atoms with E-state index in [1.54, 1.807) is 18.0 Å². The predicted octanol–water partition coefficient (Wildman–Crippen LogP) is 2.28. The molecule has 5 heteroatoms. The molecule has 0 aromatic carbocycles. The molecule has 2 aromatic heterocycles. The molecule has 2 rings (SSSR count). The lowest BCUT2D eigenvalue weighted by atomic mass is 10.2. The van der Waals surface area contributed by atoms with Crippen molar-refractivity contribution in [2.24, 2.45) is 12.8 Å². The highest BCUT2D eigenvalue weighted by Gasteiger charge is 2.15. The fraction of sp³-hybridized carbons (Fsp3) is 0.417. The Bertz CT molecular complexity index is 516. The SMILES string of the molecule is Cc1nn(C)c(Sc2ccoc2C)c1CCN. The molecule has 0 unspecified atom stereocenters. The fourth-order valence-electron chi connectivity index (χ4n) is 1.82. The van der Waals surface area contributed by atoms with E-state index in [2.05, 4.69) is 5.10 Å². The van der Waals surface area contributed by atoms with Crippen LogP contribution >= 0.6 is 11.8 Å². The fourth-order valence-corrected chi connectivity index (χ4v) is 2.89. The Morgan fingerprint density at radius 1 is 1.47 bits per heavy atom. The van der Waals surface area contributed by atoms with E-state index in [-0.39, 0.29) is 0 Å². The second-order valence-corrected chi connectivity index (χ2v) is 5.01. The van der Waals surface area contributed by atoms with Crippen molar-refractivity contribution < 1.29 is 4.42 Å². The van der Waals surface area contributed by atoms with E-state index >= 15 is 0 Å². The van der Waals surface area contributed by atoms with Crippen molar-refractivity contribution >= 4 is 11.8 Å². The van der Waals surface area contributed by atoms with Gasteiger partial charge >= 0.3 is 0 Å². The minimum atomic E-state index is 0.643. The number of hydrogen-bond donors (Lipinski definition) is 1. The largest absolute Gasteiger partial charge is 0.468 e. The molecule has 17 heavy (non-hydrogen) atoms. The molecular weight excluding hydrogens is 234 g/mol. The van der Waals surface area contributed by atoms with Crippen LogP contribution in [0.25, 0.3) is 0 Å². The highest BCUT2D eigenvalue weighted by atomic mass is 32.2. The number of rotatable bonds is 4. The Kier molecular flexibility index (Phi) is 3.59. The van der Waals surface area contributed by atoms with Gasteiger partial charge in [-0.25, -0.2) is 0 Å². The maximum Gasteiger partial charge on any atom is 0.114 e. The number of aromatic nitrogens is 2. The predicted molar refractivity (Wildman–Crippen MR) is 68.3 cm³/mol. The minimum absolute atomic E-state index is 0.643. The number of furan rings is 1. The maximum atomic E-state index is 5.65. The van der Waals surface area contributed by atoms with Crippen molar-refractivity contribution in [1.82, 2.24) is 9.78 Å². The van der Waals surface area contributed by atoms with Crippen molar-refractivity contribution in [2.45, 2.75) is 30.2 Å². The smallest absolute Gasteiger partial charge is 0.114 e. The van der Waals surface area contributed by atoms with Crippen LogP contribution in [0.1, 0.15) is 17.0 Å². The molecule has 0 amide bonds. The van der Waals surface area contributed by atoms with Crippen LogP contribution < -0.4 is 5.73 Å². The first-order chi connectivity index (χ1) is 8.13. The third-order valence-electron chi connectivity index (χ3n) is 2.70. The Morgan fingerprint density at radius 2 is 2.24 bits per heavy atom. The molecule has 0 bridgehead atoms. The van der Waals surface area contributed by atoms with Gasteiger partial charge in [-0.2, -0.15) is 5.10 Å². The zero-order valence-corrected chi connectivity index (χ0v) is 11.2. The van der Waals surface area contributed by atoms with E-state index < -0.39 is 0 Å². The Hall–Kier alpha value is -1.20. The van der Waals surface area contributed by atoms with Gasteiger partial charge in [0.1, 0.15) is 10.8 Å². The Balaban J connectivity index is 2.35. The van der Waals surface area contributed by atoms with Crippen LogP contribution in [0.5, 0.6) is 0 Å². The summed E-state index contributed by atoms with van der Waals surface area (Å²) in [5.74, 6) is 0.938. The molecule has 0 radical (unpaired) electrons. The van der Waals surface area contributed by atoms with Crippen LogP contribution in [0, 0.1) is 13.8 Å². The second-order valence-electron chi connectivity index (χ2n) is 3.97. The summed E-state index contributed by atoms with van der Waals surface area (Å²) in [7, 11) is 1.96. The molecule has 2 aromatic rings. The standard InChI is InChI=1S/C12H17N3OS/c1-8-10(4-6-13)12(15(3)14-8)17-11-5-7-16-9(11)2/h5,7H,4,6,13H2,1-3H3. The first kappa shape index (κ1) is 12.3. The van der Waals surface area contributed by atoms with Crippen LogP contribution in [-0.2, 0) is 13.5 Å². The summed E-state index contributed by atoms with van der Waals surface area (Å²) in [6, 6.07) is 1.98. The van der Waals surface area contributed by atoms with Crippen molar-refractivity contribution in [3.63, 3.8) is 0 Å². The van der Waals surface area contributed by atoms with Crippen LogP contribution in [0.3, 0.4) is 0 Å². The summed E-state index contributed by atoms with van der Waals surface area (Å²) >= 11 is 1.69. The monoisotopic (exact) mass is 251 g/mol. The maximum absolute atomic E-state index is 5.65. The van der Waals surface area contributed by atoms with E-state index in [1.807, 2.05) is 31.6 Å². The molecule has 0 saturated heterocycles. The molecule has 2 heterocycles. The Labute approximate surface area is 105 Å². The van der Waals surface area contributed by atoms with Gasteiger partial charge < -0.3 is 10.2 Å². The van der Waals surface area contributed by atoms with Gasteiger partial charge in [-0.1, -0.05) is 11.8 Å². The zero-order valence-electron chi connectivity index (χ0n) is 10.4. The summed E-state index contributed by atoms with van der Waals surface area (Å²) < 4.78 is 7.22. The van der Waals surface area contributed by atoms with E-state index in [0.29, 0.717) is 6.54 Å².